The number of carbonyl (C=O) groups is 3. The van der Waals surface area contributed by atoms with Gasteiger partial charge >= 0.3 is 17.9 Å². The van der Waals surface area contributed by atoms with E-state index in [1.807, 2.05) is 6.92 Å². The van der Waals surface area contributed by atoms with Crippen molar-refractivity contribution in [1.82, 2.24) is 0 Å². The topological polar surface area (TPSA) is 118 Å². The third-order valence-corrected chi connectivity index (χ3v) is 10.8. The van der Waals surface area contributed by atoms with Crippen molar-refractivity contribution in [3.8, 4) is 0 Å². The third-order valence-electron chi connectivity index (χ3n) is 10.8. The molecule has 9 nitrogen and oxygen atoms in total. The molecular weight excluding hydrogens is 528 g/mol. The lowest BCUT2D eigenvalue weighted by Gasteiger charge is -2.51. The fourth-order valence-electron chi connectivity index (χ4n) is 8.25. The summed E-state index contributed by atoms with van der Waals surface area (Å²) in [5.74, 6) is -2.09. The summed E-state index contributed by atoms with van der Waals surface area (Å²) in [6.07, 6.45) is 6.92. The Balaban J connectivity index is 1.25. The molecule has 228 valence electrons. The average molecular weight is 575 g/mol. The molecule has 5 fully saturated rings. The SMILES string of the molecule is C=C1CCC(CCC2CCC3(OC2)OC(=O)C2(O)CC3(C)OC2(C)C)C(C)(C)C1C(C=C1CCOC1=O)OC(C)=O. The summed E-state index contributed by atoms with van der Waals surface area (Å²) in [5, 5.41) is 11.0. The van der Waals surface area contributed by atoms with Gasteiger partial charge in [-0.1, -0.05) is 26.0 Å². The Morgan fingerprint density at radius 2 is 1.88 bits per heavy atom. The summed E-state index contributed by atoms with van der Waals surface area (Å²) < 4.78 is 29.4. The Hall–Kier alpha value is -2.23. The van der Waals surface area contributed by atoms with Crippen LogP contribution >= 0.6 is 0 Å². The van der Waals surface area contributed by atoms with E-state index in [1.165, 1.54) is 6.92 Å². The first-order chi connectivity index (χ1) is 19.0. The molecule has 0 aromatic heterocycles. The van der Waals surface area contributed by atoms with Crippen molar-refractivity contribution < 1.29 is 43.2 Å². The lowest BCUT2D eigenvalue weighted by Crippen LogP contribution is -2.65. The Morgan fingerprint density at radius 3 is 2.49 bits per heavy atom. The molecule has 4 heterocycles. The first kappa shape index (κ1) is 30.2. The predicted octanol–water partition coefficient (Wildman–Crippen LogP) is 4.55. The number of aliphatic hydroxyl groups is 1. The molecule has 7 atom stereocenters. The van der Waals surface area contributed by atoms with E-state index < -0.39 is 34.7 Å². The van der Waals surface area contributed by atoms with Crippen LogP contribution in [0.2, 0.25) is 0 Å². The van der Waals surface area contributed by atoms with Crippen LogP contribution < -0.4 is 0 Å². The minimum absolute atomic E-state index is 0.125. The first-order valence-electron chi connectivity index (χ1n) is 15.1. The minimum atomic E-state index is -1.68. The molecule has 41 heavy (non-hydrogen) atoms. The van der Waals surface area contributed by atoms with Gasteiger partial charge in [0, 0.05) is 37.7 Å². The molecular formula is C32H46O9. The number of cyclic esters (lactones) is 1. The van der Waals surface area contributed by atoms with Crippen LogP contribution in [0.25, 0.3) is 0 Å². The van der Waals surface area contributed by atoms with E-state index in [2.05, 4.69) is 20.4 Å². The zero-order valence-electron chi connectivity index (χ0n) is 25.4. The monoisotopic (exact) mass is 574 g/mol. The summed E-state index contributed by atoms with van der Waals surface area (Å²) in [4.78, 5) is 37.2. The number of esters is 3. The second kappa shape index (κ2) is 10.2. The normalized spacial score (nSPS) is 41.3. The van der Waals surface area contributed by atoms with Crippen LogP contribution in [0.5, 0.6) is 0 Å². The van der Waals surface area contributed by atoms with Crippen LogP contribution in [0.15, 0.2) is 23.8 Å². The molecule has 5 aliphatic rings. The van der Waals surface area contributed by atoms with E-state index in [0.29, 0.717) is 37.5 Å². The molecule has 1 N–H and O–H groups in total. The second-order valence-electron chi connectivity index (χ2n) is 14.2. The zero-order chi connectivity index (χ0) is 30.0. The summed E-state index contributed by atoms with van der Waals surface area (Å²) in [6.45, 7) is 16.3. The van der Waals surface area contributed by atoms with E-state index in [4.69, 9.17) is 23.7 Å². The van der Waals surface area contributed by atoms with Crippen LogP contribution in [-0.4, -0.2) is 64.9 Å². The van der Waals surface area contributed by atoms with Crippen LogP contribution in [-0.2, 0) is 38.1 Å². The van der Waals surface area contributed by atoms with Gasteiger partial charge in [-0.05, 0) is 76.2 Å². The number of hydrogen-bond acceptors (Lipinski definition) is 9. The molecule has 0 amide bonds. The highest BCUT2D eigenvalue weighted by molar-refractivity contribution is 5.90. The maximum absolute atomic E-state index is 12.9. The van der Waals surface area contributed by atoms with E-state index in [9.17, 15) is 19.5 Å². The Morgan fingerprint density at radius 1 is 1.15 bits per heavy atom. The van der Waals surface area contributed by atoms with Crippen LogP contribution in [0.3, 0.4) is 0 Å². The van der Waals surface area contributed by atoms with Gasteiger partial charge in [0.25, 0.3) is 0 Å². The van der Waals surface area contributed by atoms with Crippen LogP contribution in [0, 0.1) is 23.2 Å². The lowest BCUT2D eigenvalue weighted by molar-refractivity contribution is -0.334. The fraction of sp³-hybridized carbons (Fsp3) is 0.781. The average Bonchev–Trinajstić information content (AvgIpc) is 3.34. The molecule has 0 radical (unpaired) electrons. The van der Waals surface area contributed by atoms with Crippen molar-refractivity contribution in [3.05, 3.63) is 23.8 Å². The van der Waals surface area contributed by atoms with Crippen molar-refractivity contribution in [2.45, 2.75) is 122 Å². The van der Waals surface area contributed by atoms with Gasteiger partial charge in [-0.2, -0.15) is 0 Å². The van der Waals surface area contributed by atoms with E-state index >= 15 is 0 Å². The predicted molar refractivity (Wildman–Crippen MR) is 148 cm³/mol. The second-order valence-corrected chi connectivity index (χ2v) is 14.2. The molecule has 1 spiro atoms. The molecule has 7 unspecified atom stereocenters. The lowest BCUT2D eigenvalue weighted by atomic mass is 9.57. The summed E-state index contributed by atoms with van der Waals surface area (Å²) in [6, 6.07) is 0. The molecule has 4 saturated heterocycles. The van der Waals surface area contributed by atoms with E-state index in [1.54, 1.807) is 19.9 Å². The number of fused-ring (bicyclic) bond motifs is 3. The number of carbonyl (C=O) groups excluding carboxylic acids is 3. The van der Waals surface area contributed by atoms with Gasteiger partial charge in [0.1, 0.15) is 17.3 Å². The number of hydrogen-bond donors (Lipinski definition) is 1. The third kappa shape index (κ3) is 4.95. The molecule has 0 aromatic carbocycles. The van der Waals surface area contributed by atoms with E-state index in [0.717, 1.165) is 37.7 Å². The highest BCUT2D eigenvalue weighted by Crippen LogP contribution is 2.58. The van der Waals surface area contributed by atoms with Crippen molar-refractivity contribution in [2.24, 2.45) is 23.2 Å². The summed E-state index contributed by atoms with van der Waals surface area (Å²) in [5.41, 5.74) is -2.30. The fourth-order valence-corrected chi connectivity index (χ4v) is 8.25. The van der Waals surface area contributed by atoms with Gasteiger partial charge < -0.3 is 28.8 Å². The molecule has 1 aliphatic carbocycles. The quantitative estimate of drug-likeness (QED) is 0.211. The zero-order valence-corrected chi connectivity index (χ0v) is 25.4. The Bertz CT molecular complexity index is 1140. The first-order valence-corrected chi connectivity index (χ1v) is 15.1. The Labute approximate surface area is 242 Å². The van der Waals surface area contributed by atoms with Crippen LogP contribution in [0.1, 0.15) is 92.9 Å². The maximum Gasteiger partial charge on any atom is 0.343 e. The van der Waals surface area contributed by atoms with E-state index in [-0.39, 0.29) is 35.6 Å². The summed E-state index contributed by atoms with van der Waals surface area (Å²) in [7, 11) is 0. The number of ether oxygens (including phenoxy) is 5. The molecule has 2 bridgehead atoms. The van der Waals surface area contributed by atoms with Gasteiger partial charge in [0.15, 0.2) is 5.60 Å². The van der Waals surface area contributed by atoms with Gasteiger partial charge in [0.2, 0.25) is 5.79 Å². The van der Waals surface area contributed by atoms with Gasteiger partial charge in [0.05, 0.1) is 13.2 Å². The summed E-state index contributed by atoms with van der Waals surface area (Å²) >= 11 is 0. The van der Waals surface area contributed by atoms with Crippen molar-refractivity contribution in [3.63, 3.8) is 0 Å². The van der Waals surface area contributed by atoms with Gasteiger partial charge in [-0.15, -0.1) is 0 Å². The standard InChI is InChI=1S/C32H46O9/c1-19-8-10-23(28(3,4)25(19)24(39-20(2)33)16-22-13-15-37-26(22)34)11-9-21-12-14-32(38-17-21)30(7)18-31(36,27(35)40-32)29(5,6)41-30/h16,21,23-25,36H,1,8-15,17-18H2,2-7H3. The molecule has 4 aliphatic heterocycles. The minimum Gasteiger partial charge on any atom is -0.462 e. The molecule has 5 rings (SSSR count). The van der Waals surface area contributed by atoms with Crippen molar-refractivity contribution in [2.75, 3.05) is 13.2 Å². The maximum atomic E-state index is 12.9. The van der Waals surface area contributed by atoms with Crippen molar-refractivity contribution in [1.29, 1.82) is 0 Å². The highest BCUT2D eigenvalue weighted by atomic mass is 16.8. The Kier molecular flexibility index (Phi) is 7.52. The smallest absolute Gasteiger partial charge is 0.343 e. The van der Waals surface area contributed by atoms with Gasteiger partial charge in [-0.3, -0.25) is 4.79 Å². The molecule has 1 saturated carbocycles. The van der Waals surface area contributed by atoms with Crippen LogP contribution in [0.4, 0.5) is 0 Å². The molecule has 9 heteroatoms. The number of rotatable bonds is 6. The largest absolute Gasteiger partial charge is 0.462 e. The van der Waals surface area contributed by atoms with Crippen molar-refractivity contribution >= 4 is 17.9 Å². The highest BCUT2D eigenvalue weighted by Gasteiger charge is 2.75. The van der Waals surface area contributed by atoms with Gasteiger partial charge in [-0.25, -0.2) is 9.59 Å². The molecule has 0 aromatic rings.